The van der Waals surface area contributed by atoms with Gasteiger partial charge in [-0.05, 0) is 64.9 Å². The van der Waals surface area contributed by atoms with Crippen LogP contribution in [0.25, 0.3) is 5.69 Å². The Morgan fingerprint density at radius 1 is 0.844 bits per heavy atom. The molecular formula is C25H31N5O2. The molecule has 0 bridgehead atoms. The maximum Gasteiger partial charge on any atom is 0.239 e. The van der Waals surface area contributed by atoms with Crippen LogP contribution >= 0.6 is 0 Å². The Morgan fingerprint density at radius 2 is 1.41 bits per heavy atom. The Balaban J connectivity index is 1.60. The summed E-state index contributed by atoms with van der Waals surface area (Å²) < 4.78 is 1.71. The molecule has 0 atom stereocenters. The number of hydrogen-bond donors (Lipinski definition) is 2. The highest BCUT2D eigenvalue weighted by molar-refractivity contribution is 5.95. The van der Waals surface area contributed by atoms with Crippen molar-refractivity contribution in [3.8, 4) is 5.69 Å². The number of carbonyl (C=O) groups is 2. The van der Waals surface area contributed by atoms with Crippen LogP contribution in [0.4, 0.5) is 11.5 Å². The second-order valence-electron chi connectivity index (χ2n) is 8.46. The first-order valence-corrected chi connectivity index (χ1v) is 10.6. The van der Waals surface area contributed by atoms with E-state index in [4.69, 9.17) is 0 Å². The molecule has 0 saturated carbocycles. The molecule has 0 saturated heterocycles. The Kier molecular flexibility index (Phi) is 7.10. The van der Waals surface area contributed by atoms with Crippen molar-refractivity contribution < 1.29 is 9.59 Å². The lowest BCUT2D eigenvalue weighted by molar-refractivity contribution is -0.119. The molecule has 7 nitrogen and oxygen atoms in total. The second kappa shape index (κ2) is 9.78. The average Bonchev–Trinajstić information content (AvgIpc) is 3.04. The molecule has 3 aromatic rings. The Morgan fingerprint density at radius 3 is 2.00 bits per heavy atom. The van der Waals surface area contributed by atoms with Crippen molar-refractivity contribution in [2.75, 3.05) is 30.8 Å². The van der Waals surface area contributed by atoms with Crippen molar-refractivity contribution in [1.82, 2.24) is 14.7 Å². The van der Waals surface area contributed by atoms with E-state index in [-0.39, 0.29) is 24.9 Å². The molecule has 1 heterocycles. The van der Waals surface area contributed by atoms with Crippen LogP contribution in [-0.4, -0.2) is 46.6 Å². The minimum atomic E-state index is -0.212. The highest BCUT2D eigenvalue weighted by Gasteiger charge is 2.15. The zero-order chi connectivity index (χ0) is 23.4. The first-order chi connectivity index (χ1) is 15.1. The van der Waals surface area contributed by atoms with Gasteiger partial charge >= 0.3 is 0 Å². The minimum absolute atomic E-state index is 0.0808. The highest BCUT2D eigenvalue weighted by Crippen LogP contribution is 2.22. The third kappa shape index (κ3) is 5.82. The van der Waals surface area contributed by atoms with Crippen molar-refractivity contribution in [1.29, 1.82) is 0 Å². The van der Waals surface area contributed by atoms with Gasteiger partial charge in [0.15, 0.2) is 0 Å². The van der Waals surface area contributed by atoms with Crippen LogP contribution in [-0.2, 0) is 9.59 Å². The van der Waals surface area contributed by atoms with Crippen molar-refractivity contribution in [2.45, 2.75) is 34.6 Å². The van der Waals surface area contributed by atoms with E-state index in [1.807, 2.05) is 77.1 Å². The molecule has 2 amide bonds. The molecule has 0 aliphatic carbocycles. The number of aryl methyl sites for hydroxylation is 5. The van der Waals surface area contributed by atoms with Crippen LogP contribution in [0.1, 0.15) is 27.9 Å². The molecule has 2 N–H and O–H groups in total. The van der Waals surface area contributed by atoms with Gasteiger partial charge < -0.3 is 10.6 Å². The predicted molar refractivity (Wildman–Crippen MR) is 128 cm³/mol. The van der Waals surface area contributed by atoms with Crippen LogP contribution in [0.15, 0.2) is 42.5 Å². The number of benzene rings is 2. The largest absolute Gasteiger partial charge is 0.324 e. The lowest BCUT2D eigenvalue weighted by atomic mass is 10.1. The van der Waals surface area contributed by atoms with Gasteiger partial charge in [-0.2, -0.15) is 5.10 Å². The van der Waals surface area contributed by atoms with Gasteiger partial charge in [-0.25, -0.2) is 4.68 Å². The summed E-state index contributed by atoms with van der Waals surface area (Å²) in [5.74, 6) is 0.229. The lowest BCUT2D eigenvalue weighted by Crippen LogP contribution is -2.36. The van der Waals surface area contributed by atoms with Gasteiger partial charge in [-0.3, -0.25) is 14.5 Å². The average molecular weight is 434 g/mol. The molecule has 32 heavy (non-hydrogen) atoms. The van der Waals surface area contributed by atoms with Gasteiger partial charge in [-0.1, -0.05) is 35.4 Å². The smallest absolute Gasteiger partial charge is 0.239 e. The molecule has 0 unspecified atom stereocenters. The molecule has 168 valence electrons. The fourth-order valence-corrected chi connectivity index (χ4v) is 3.76. The fraction of sp³-hybridized carbons (Fsp3) is 0.320. The van der Waals surface area contributed by atoms with E-state index in [2.05, 4.69) is 15.7 Å². The summed E-state index contributed by atoms with van der Waals surface area (Å²) in [6.07, 6.45) is 0. The molecule has 2 aromatic carbocycles. The summed E-state index contributed by atoms with van der Waals surface area (Å²) in [7, 11) is 1.75. The zero-order valence-electron chi connectivity index (χ0n) is 19.6. The Bertz CT molecular complexity index is 1110. The standard InChI is InChI=1S/C25H31N5O2/c1-16-7-9-21(10-8-16)30-22(13-20(5)28-30)26-23(31)14-29(6)15-24(32)27-25-18(3)11-17(2)12-19(25)4/h7-13H,14-15H2,1-6H3,(H,26,31)(H,27,32). The van der Waals surface area contributed by atoms with Crippen molar-refractivity contribution >= 4 is 23.3 Å². The van der Waals surface area contributed by atoms with E-state index >= 15 is 0 Å². The number of nitrogens with zero attached hydrogens (tertiary/aromatic N) is 3. The first-order valence-electron chi connectivity index (χ1n) is 10.6. The van der Waals surface area contributed by atoms with Gasteiger partial charge in [0.05, 0.1) is 24.5 Å². The molecule has 3 rings (SSSR count). The van der Waals surface area contributed by atoms with Crippen molar-refractivity contribution in [2.24, 2.45) is 0 Å². The summed E-state index contributed by atoms with van der Waals surface area (Å²) in [4.78, 5) is 26.8. The number of amides is 2. The van der Waals surface area contributed by atoms with Gasteiger partial charge in [0, 0.05) is 11.8 Å². The molecule has 0 fully saturated rings. The number of likely N-dealkylation sites (N-methyl/N-ethyl adjacent to an activating group) is 1. The normalized spacial score (nSPS) is 11.0. The molecular weight excluding hydrogens is 402 g/mol. The highest BCUT2D eigenvalue weighted by atomic mass is 16.2. The van der Waals surface area contributed by atoms with Crippen LogP contribution < -0.4 is 10.6 Å². The first kappa shape index (κ1) is 23.2. The third-order valence-corrected chi connectivity index (χ3v) is 5.15. The number of nitrogens with one attached hydrogen (secondary N) is 2. The lowest BCUT2D eigenvalue weighted by Gasteiger charge is -2.18. The summed E-state index contributed by atoms with van der Waals surface area (Å²) in [5, 5.41) is 10.4. The SMILES string of the molecule is Cc1ccc(-n2nc(C)cc2NC(=O)CN(C)CC(=O)Nc2c(C)cc(C)cc2C)cc1. The van der Waals surface area contributed by atoms with Gasteiger partial charge in [0.1, 0.15) is 5.82 Å². The van der Waals surface area contributed by atoms with Gasteiger partial charge in [-0.15, -0.1) is 0 Å². The Hall–Kier alpha value is -3.45. The molecule has 0 aliphatic rings. The van der Waals surface area contributed by atoms with Crippen molar-refractivity contribution in [3.05, 3.63) is 70.4 Å². The van der Waals surface area contributed by atoms with E-state index in [0.717, 1.165) is 39.3 Å². The van der Waals surface area contributed by atoms with E-state index in [0.29, 0.717) is 5.82 Å². The monoisotopic (exact) mass is 433 g/mol. The third-order valence-electron chi connectivity index (χ3n) is 5.15. The number of hydrogen-bond acceptors (Lipinski definition) is 4. The number of aromatic nitrogens is 2. The van der Waals surface area contributed by atoms with Crippen LogP contribution in [0, 0.1) is 34.6 Å². The van der Waals surface area contributed by atoms with Crippen LogP contribution in [0.5, 0.6) is 0 Å². The maximum absolute atomic E-state index is 12.6. The molecule has 0 radical (unpaired) electrons. The number of anilines is 2. The second-order valence-corrected chi connectivity index (χ2v) is 8.46. The topological polar surface area (TPSA) is 79.3 Å². The van der Waals surface area contributed by atoms with Gasteiger partial charge in [0.2, 0.25) is 11.8 Å². The van der Waals surface area contributed by atoms with E-state index in [1.165, 1.54) is 0 Å². The molecule has 0 spiro atoms. The summed E-state index contributed by atoms with van der Waals surface area (Å²) in [5.41, 5.74) is 6.86. The van der Waals surface area contributed by atoms with Gasteiger partial charge in [0.25, 0.3) is 0 Å². The summed E-state index contributed by atoms with van der Waals surface area (Å²) in [6.45, 7) is 10.1. The number of rotatable bonds is 7. The van der Waals surface area contributed by atoms with Crippen molar-refractivity contribution in [3.63, 3.8) is 0 Å². The van der Waals surface area contributed by atoms with Crippen LogP contribution in [0.3, 0.4) is 0 Å². The predicted octanol–water partition coefficient (Wildman–Crippen LogP) is 3.92. The summed E-state index contributed by atoms with van der Waals surface area (Å²) in [6, 6.07) is 13.8. The van der Waals surface area contributed by atoms with Crippen LogP contribution in [0.2, 0.25) is 0 Å². The fourth-order valence-electron chi connectivity index (χ4n) is 3.76. The zero-order valence-corrected chi connectivity index (χ0v) is 19.6. The van der Waals surface area contributed by atoms with E-state index in [9.17, 15) is 9.59 Å². The van der Waals surface area contributed by atoms with E-state index in [1.54, 1.807) is 16.6 Å². The molecule has 0 aliphatic heterocycles. The molecule has 1 aromatic heterocycles. The maximum atomic E-state index is 12.6. The summed E-state index contributed by atoms with van der Waals surface area (Å²) >= 11 is 0. The molecule has 7 heteroatoms. The van der Waals surface area contributed by atoms with E-state index < -0.39 is 0 Å². The Labute approximate surface area is 189 Å². The number of carbonyl (C=O) groups excluding carboxylic acids is 2. The minimum Gasteiger partial charge on any atom is -0.324 e. The quantitative estimate of drug-likeness (QED) is 0.592.